The molecule has 0 aromatic carbocycles. The maximum absolute atomic E-state index is 12.1. The average Bonchev–Trinajstić information content (AvgIpc) is 2.83. The minimum absolute atomic E-state index is 0.0766. The van der Waals surface area contributed by atoms with Gasteiger partial charge in [0.1, 0.15) is 0 Å². The molecule has 2 rings (SSSR count). The predicted molar refractivity (Wildman–Crippen MR) is 65.7 cm³/mol. The summed E-state index contributed by atoms with van der Waals surface area (Å²) in [5.41, 5.74) is 0. The van der Waals surface area contributed by atoms with E-state index in [9.17, 15) is 13.5 Å². The van der Waals surface area contributed by atoms with Crippen molar-refractivity contribution in [3.8, 4) is 0 Å². The van der Waals surface area contributed by atoms with E-state index in [1.165, 1.54) is 4.31 Å². The third kappa shape index (κ3) is 3.19. The van der Waals surface area contributed by atoms with E-state index >= 15 is 0 Å². The lowest BCUT2D eigenvalue weighted by Gasteiger charge is -2.31. The second-order valence-electron chi connectivity index (χ2n) is 5.06. The lowest BCUT2D eigenvalue weighted by Crippen LogP contribution is -2.48. The fraction of sp³-hybridized carbons (Fsp3) is 1.00. The van der Waals surface area contributed by atoms with E-state index in [0.717, 1.165) is 38.5 Å². The van der Waals surface area contributed by atoms with Crippen LogP contribution in [0.5, 0.6) is 0 Å². The molecular weight excluding hydrogens is 240 g/mol. The van der Waals surface area contributed by atoms with Crippen molar-refractivity contribution in [3.63, 3.8) is 0 Å². The summed E-state index contributed by atoms with van der Waals surface area (Å²) in [6.45, 7) is 1.34. The number of hydrogen-bond acceptors (Lipinski definition) is 3. The highest BCUT2D eigenvalue weighted by Gasteiger charge is 2.32. The Hall–Kier alpha value is -0.170. The molecule has 0 aromatic rings. The molecule has 1 aliphatic carbocycles. The molecule has 6 heteroatoms. The van der Waals surface area contributed by atoms with Crippen molar-refractivity contribution in [3.05, 3.63) is 0 Å². The van der Waals surface area contributed by atoms with Crippen molar-refractivity contribution in [1.29, 1.82) is 0 Å². The van der Waals surface area contributed by atoms with Gasteiger partial charge in [0.2, 0.25) is 0 Å². The van der Waals surface area contributed by atoms with Crippen LogP contribution in [-0.4, -0.2) is 43.6 Å². The summed E-state index contributed by atoms with van der Waals surface area (Å²) < 4.78 is 28.5. The van der Waals surface area contributed by atoms with Crippen molar-refractivity contribution in [2.75, 3.05) is 19.7 Å². The number of nitrogens with one attached hydrogen (secondary N) is 1. The van der Waals surface area contributed by atoms with Crippen LogP contribution >= 0.6 is 0 Å². The van der Waals surface area contributed by atoms with E-state index < -0.39 is 10.2 Å². The van der Waals surface area contributed by atoms with Gasteiger partial charge < -0.3 is 5.11 Å². The van der Waals surface area contributed by atoms with Crippen molar-refractivity contribution in [1.82, 2.24) is 9.03 Å². The summed E-state index contributed by atoms with van der Waals surface area (Å²) in [4.78, 5) is 0. The molecule has 1 heterocycles. The van der Waals surface area contributed by atoms with Crippen molar-refractivity contribution >= 4 is 10.2 Å². The van der Waals surface area contributed by atoms with Gasteiger partial charge in [-0.2, -0.15) is 17.4 Å². The molecule has 2 fully saturated rings. The Balaban J connectivity index is 1.98. The first-order chi connectivity index (χ1) is 8.13. The van der Waals surface area contributed by atoms with E-state index in [4.69, 9.17) is 0 Å². The molecular formula is C11H22N2O3S. The number of hydrogen-bond donors (Lipinski definition) is 2. The van der Waals surface area contributed by atoms with E-state index in [1.807, 2.05) is 0 Å². The molecule has 100 valence electrons. The Labute approximate surface area is 103 Å². The molecule has 0 amide bonds. The summed E-state index contributed by atoms with van der Waals surface area (Å²) in [5, 5.41) is 9.28. The van der Waals surface area contributed by atoms with Gasteiger partial charge in [-0.15, -0.1) is 0 Å². The van der Waals surface area contributed by atoms with Gasteiger partial charge in [-0.3, -0.25) is 0 Å². The van der Waals surface area contributed by atoms with Gasteiger partial charge in [0, 0.05) is 25.7 Å². The zero-order valence-electron chi connectivity index (χ0n) is 10.1. The smallest absolute Gasteiger partial charge is 0.279 e. The summed E-state index contributed by atoms with van der Waals surface area (Å²) >= 11 is 0. The van der Waals surface area contributed by atoms with Crippen LogP contribution in [0.25, 0.3) is 0 Å². The molecule has 2 atom stereocenters. The van der Waals surface area contributed by atoms with Crippen LogP contribution in [0, 0.1) is 5.92 Å². The van der Waals surface area contributed by atoms with Crippen LogP contribution in [0.1, 0.15) is 38.5 Å². The first-order valence-electron chi connectivity index (χ1n) is 6.52. The Morgan fingerprint density at radius 1 is 1.12 bits per heavy atom. The van der Waals surface area contributed by atoms with E-state index in [0.29, 0.717) is 13.1 Å². The van der Waals surface area contributed by atoms with E-state index in [2.05, 4.69) is 4.72 Å². The number of rotatable bonds is 4. The molecule has 0 aromatic heterocycles. The van der Waals surface area contributed by atoms with Crippen molar-refractivity contribution in [2.45, 2.75) is 44.6 Å². The average molecular weight is 262 g/mol. The SMILES string of the molecule is O=S(=O)(NC1CCCCC1CO)N1CCCC1. The largest absolute Gasteiger partial charge is 0.396 e. The number of aliphatic hydroxyl groups excluding tert-OH is 1. The van der Waals surface area contributed by atoms with E-state index in [-0.39, 0.29) is 18.6 Å². The highest BCUT2D eigenvalue weighted by Crippen LogP contribution is 2.25. The fourth-order valence-corrected chi connectivity index (χ4v) is 4.36. The summed E-state index contributed by atoms with van der Waals surface area (Å²) in [6.07, 6.45) is 5.81. The summed E-state index contributed by atoms with van der Waals surface area (Å²) in [7, 11) is -3.33. The molecule has 1 saturated carbocycles. The van der Waals surface area contributed by atoms with Crippen LogP contribution in [0.3, 0.4) is 0 Å². The second kappa shape index (κ2) is 5.65. The van der Waals surface area contributed by atoms with Gasteiger partial charge in [-0.25, -0.2) is 0 Å². The minimum Gasteiger partial charge on any atom is -0.396 e. The van der Waals surface area contributed by atoms with Crippen LogP contribution in [0.2, 0.25) is 0 Å². The molecule has 0 spiro atoms. The Bertz CT molecular complexity index is 339. The van der Waals surface area contributed by atoms with Crippen molar-refractivity contribution < 1.29 is 13.5 Å². The molecule has 0 radical (unpaired) electrons. The Morgan fingerprint density at radius 2 is 1.76 bits per heavy atom. The molecule has 2 N–H and O–H groups in total. The first-order valence-corrected chi connectivity index (χ1v) is 7.96. The third-order valence-electron chi connectivity index (χ3n) is 3.85. The van der Waals surface area contributed by atoms with Gasteiger partial charge >= 0.3 is 0 Å². The normalized spacial score (nSPS) is 31.8. The zero-order valence-corrected chi connectivity index (χ0v) is 11.0. The fourth-order valence-electron chi connectivity index (χ4n) is 2.78. The predicted octanol–water partition coefficient (Wildman–Crippen LogP) is 0.468. The van der Waals surface area contributed by atoms with Crippen LogP contribution in [-0.2, 0) is 10.2 Å². The zero-order chi connectivity index (χ0) is 12.3. The lowest BCUT2D eigenvalue weighted by molar-refractivity contribution is 0.163. The summed E-state index contributed by atoms with van der Waals surface area (Å²) in [6, 6.07) is -0.0839. The van der Waals surface area contributed by atoms with E-state index in [1.54, 1.807) is 0 Å². The van der Waals surface area contributed by atoms with Crippen LogP contribution in [0.4, 0.5) is 0 Å². The number of aliphatic hydroxyl groups is 1. The maximum Gasteiger partial charge on any atom is 0.279 e. The molecule has 2 unspecified atom stereocenters. The van der Waals surface area contributed by atoms with Crippen molar-refractivity contribution in [2.24, 2.45) is 5.92 Å². The highest BCUT2D eigenvalue weighted by molar-refractivity contribution is 7.87. The van der Waals surface area contributed by atoms with Gasteiger partial charge in [0.25, 0.3) is 10.2 Å². The standard InChI is InChI=1S/C11H22N2O3S/c14-9-10-5-1-2-6-11(10)12-17(15,16)13-7-3-4-8-13/h10-12,14H,1-9H2. The number of nitrogens with zero attached hydrogens (tertiary/aromatic N) is 1. The third-order valence-corrected chi connectivity index (χ3v) is 5.49. The summed E-state index contributed by atoms with van der Waals surface area (Å²) in [5.74, 6) is 0.0844. The second-order valence-corrected chi connectivity index (χ2v) is 6.76. The van der Waals surface area contributed by atoms with Gasteiger partial charge in [-0.05, 0) is 31.6 Å². The maximum atomic E-state index is 12.1. The molecule has 2 aliphatic rings. The molecule has 1 saturated heterocycles. The molecule has 0 bridgehead atoms. The Kier molecular flexibility index (Phi) is 4.41. The molecule has 1 aliphatic heterocycles. The van der Waals surface area contributed by atoms with Gasteiger partial charge in [0.15, 0.2) is 0 Å². The molecule has 5 nitrogen and oxygen atoms in total. The quantitative estimate of drug-likeness (QED) is 0.773. The first kappa shape index (κ1) is 13.3. The van der Waals surface area contributed by atoms with Crippen LogP contribution in [0.15, 0.2) is 0 Å². The topological polar surface area (TPSA) is 69.6 Å². The van der Waals surface area contributed by atoms with Crippen LogP contribution < -0.4 is 4.72 Å². The van der Waals surface area contributed by atoms with Gasteiger partial charge in [0.05, 0.1) is 0 Å². The monoisotopic (exact) mass is 262 g/mol. The lowest BCUT2D eigenvalue weighted by atomic mass is 9.86. The minimum atomic E-state index is -3.33. The molecule has 17 heavy (non-hydrogen) atoms. The van der Waals surface area contributed by atoms with Gasteiger partial charge in [-0.1, -0.05) is 12.8 Å². The highest BCUT2D eigenvalue weighted by atomic mass is 32.2. The Morgan fingerprint density at radius 3 is 2.41 bits per heavy atom.